The van der Waals surface area contributed by atoms with Crippen LogP contribution in [0, 0.1) is 27.7 Å². The fourth-order valence-corrected chi connectivity index (χ4v) is 5.22. The Kier molecular flexibility index (Phi) is 8.58. The van der Waals surface area contributed by atoms with Gasteiger partial charge in [0.25, 0.3) is 0 Å². The summed E-state index contributed by atoms with van der Waals surface area (Å²) in [5, 5.41) is 9.38. The first kappa shape index (κ1) is 28.4. The summed E-state index contributed by atoms with van der Waals surface area (Å²) in [6.45, 7) is 8.79. The molecule has 1 amide bonds. The van der Waals surface area contributed by atoms with Crippen LogP contribution in [0.3, 0.4) is 0 Å². The van der Waals surface area contributed by atoms with E-state index < -0.39 is 12.1 Å². The van der Waals surface area contributed by atoms with Crippen molar-refractivity contribution < 1.29 is 24.2 Å². The van der Waals surface area contributed by atoms with Crippen molar-refractivity contribution in [3.63, 3.8) is 0 Å². The minimum atomic E-state index is -0.953. The van der Waals surface area contributed by atoms with Crippen LogP contribution in [0.5, 0.6) is 5.75 Å². The smallest absolute Gasteiger partial charge is 0.410 e. The molecule has 0 heterocycles. The second-order valence-corrected chi connectivity index (χ2v) is 10.2. The summed E-state index contributed by atoms with van der Waals surface area (Å²) in [7, 11) is 3.04. The number of carboxylic acid groups (broad SMARTS) is 1. The lowest BCUT2D eigenvalue weighted by Crippen LogP contribution is -2.30. The lowest BCUT2D eigenvalue weighted by molar-refractivity contribution is 0.0696. The Morgan fingerprint density at radius 2 is 1.43 bits per heavy atom. The summed E-state index contributed by atoms with van der Waals surface area (Å²) in [6.07, 6.45) is -0.401. The molecule has 0 spiro atoms. The Bertz CT molecular complexity index is 1550. The van der Waals surface area contributed by atoms with E-state index in [0.717, 1.165) is 55.6 Å². The van der Waals surface area contributed by atoms with Crippen molar-refractivity contribution in [1.29, 1.82) is 0 Å². The molecule has 0 bridgehead atoms. The number of aryl methyl sites for hydroxylation is 4. The van der Waals surface area contributed by atoms with E-state index in [-0.39, 0.29) is 5.56 Å². The summed E-state index contributed by atoms with van der Waals surface area (Å²) in [4.78, 5) is 26.1. The first-order chi connectivity index (χ1) is 19.1. The van der Waals surface area contributed by atoms with Gasteiger partial charge in [0, 0.05) is 18.7 Å². The third kappa shape index (κ3) is 6.34. The van der Waals surface area contributed by atoms with Gasteiger partial charge in [-0.3, -0.25) is 4.90 Å². The number of ether oxygens (including phenoxy) is 2. The van der Waals surface area contributed by atoms with Gasteiger partial charge in [0.1, 0.15) is 5.75 Å². The van der Waals surface area contributed by atoms with Crippen LogP contribution in [-0.2, 0) is 17.8 Å². The molecule has 0 radical (unpaired) electrons. The van der Waals surface area contributed by atoms with Crippen molar-refractivity contribution in [1.82, 2.24) is 4.90 Å². The van der Waals surface area contributed by atoms with Gasteiger partial charge in [-0.15, -0.1) is 0 Å². The third-order valence-corrected chi connectivity index (χ3v) is 6.98. The summed E-state index contributed by atoms with van der Waals surface area (Å²) < 4.78 is 10.9. The zero-order chi connectivity index (χ0) is 29.0. The van der Waals surface area contributed by atoms with Gasteiger partial charge in [-0.1, -0.05) is 65.2 Å². The third-order valence-electron chi connectivity index (χ3n) is 6.98. The number of carbonyl (C=O) groups excluding carboxylic acids is 1. The zero-order valence-corrected chi connectivity index (χ0v) is 23.9. The van der Waals surface area contributed by atoms with Gasteiger partial charge in [-0.2, -0.15) is 0 Å². The van der Waals surface area contributed by atoms with Crippen molar-refractivity contribution in [2.45, 2.75) is 40.8 Å². The monoisotopic (exact) mass is 537 g/mol. The average molecular weight is 538 g/mol. The topological polar surface area (TPSA) is 76.1 Å². The second kappa shape index (κ2) is 12.1. The van der Waals surface area contributed by atoms with Crippen molar-refractivity contribution in [2.24, 2.45) is 0 Å². The molecule has 0 atom stereocenters. The highest BCUT2D eigenvalue weighted by Crippen LogP contribution is 2.38. The van der Waals surface area contributed by atoms with E-state index in [1.54, 1.807) is 24.1 Å². The second-order valence-electron chi connectivity index (χ2n) is 10.2. The molecular formula is C34H35NO5. The molecule has 0 saturated heterocycles. The SMILES string of the molecule is COC(=O)N(Cc1cc(C)cc(C)c1)Cc1cc(C)ccc1-c1cc(-c2ccc(C(=O)O)cc2C)ccc1OC. The van der Waals surface area contributed by atoms with Crippen molar-refractivity contribution in [3.05, 3.63) is 112 Å². The van der Waals surface area contributed by atoms with Crippen molar-refractivity contribution >= 4 is 12.1 Å². The molecular weight excluding hydrogens is 502 g/mol. The molecule has 6 heteroatoms. The minimum absolute atomic E-state index is 0.252. The summed E-state index contributed by atoms with van der Waals surface area (Å²) in [6, 6.07) is 23.6. The predicted octanol–water partition coefficient (Wildman–Crippen LogP) is 7.73. The molecule has 40 heavy (non-hydrogen) atoms. The van der Waals surface area contributed by atoms with Crippen LogP contribution in [0.4, 0.5) is 4.79 Å². The van der Waals surface area contributed by atoms with Crippen LogP contribution in [0.15, 0.2) is 72.8 Å². The van der Waals surface area contributed by atoms with Gasteiger partial charge in [-0.05, 0) is 85.3 Å². The number of methoxy groups -OCH3 is 2. The highest BCUT2D eigenvalue weighted by Gasteiger charge is 2.20. The molecule has 0 aliphatic heterocycles. The number of hydrogen-bond donors (Lipinski definition) is 1. The first-order valence-corrected chi connectivity index (χ1v) is 13.1. The molecule has 4 aromatic rings. The number of aromatic carboxylic acids is 1. The quantitative estimate of drug-likeness (QED) is 0.249. The van der Waals surface area contributed by atoms with Crippen molar-refractivity contribution in [3.8, 4) is 28.0 Å². The molecule has 1 N–H and O–H groups in total. The Labute approximate surface area is 235 Å². The van der Waals surface area contributed by atoms with E-state index in [1.807, 2.05) is 52.0 Å². The molecule has 206 valence electrons. The van der Waals surface area contributed by atoms with E-state index in [1.165, 1.54) is 7.11 Å². The first-order valence-electron chi connectivity index (χ1n) is 13.1. The van der Waals surface area contributed by atoms with Gasteiger partial charge in [0.2, 0.25) is 0 Å². The molecule has 0 aromatic heterocycles. The lowest BCUT2D eigenvalue weighted by atomic mass is 9.92. The largest absolute Gasteiger partial charge is 0.496 e. The van der Waals surface area contributed by atoms with E-state index in [9.17, 15) is 14.7 Å². The van der Waals surface area contributed by atoms with Gasteiger partial charge in [0.15, 0.2) is 0 Å². The number of benzene rings is 4. The standard InChI is InChI=1S/C34H35NO5/c1-21-7-10-30(28(16-21)20-35(34(38)40-6)19-25-14-22(2)13-23(3)15-25)31-18-26(9-12-32(31)39-5)29-11-8-27(33(36)37)17-24(29)4/h7-18H,19-20H2,1-6H3,(H,36,37). The lowest BCUT2D eigenvalue weighted by Gasteiger charge is -2.24. The Morgan fingerprint density at radius 3 is 2.05 bits per heavy atom. The number of amides is 1. The zero-order valence-electron chi connectivity index (χ0n) is 23.9. The van der Waals surface area contributed by atoms with E-state index in [2.05, 4.69) is 36.4 Å². The number of hydrogen-bond acceptors (Lipinski definition) is 4. The van der Waals surface area contributed by atoms with Crippen molar-refractivity contribution in [2.75, 3.05) is 14.2 Å². The molecule has 0 aliphatic rings. The number of rotatable bonds is 8. The highest BCUT2D eigenvalue weighted by atomic mass is 16.5. The summed E-state index contributed by atoms with van der Waals surface area (Å²) >= 11 is 0. The fourth-order valence-electron chi connectivity index (χ4n) is 5.22. The minimum Gasteiger partial charge on any atom is -0.496 e. The van der Waals surface area contributed by atoms with Crippen LogP contribution < -0.4 is 4.74 Å². The molecule has 4 rings (SSSR count). The normalized spacial score (nSPS) is 10.8. The van der Waals surface area contributed by atoms with E-state index in [0.29, 0.717) is 18.8 Å². The van der Waals surface area contributed by atoms with Gasteiger partial charge in [0.05, 0.1) is 19.8 Å². The Morgan fingerprint density at radius 1 is 0.725 bits per heavy atom. The molecule has 6 nitrogen and oxygen atoms in total. The van der Waals surface area contributed by atoms with Crippen LogP contribution in [0.1, 0.15) is 43.7 Å². The molecule has 0 fully saturated rings. The highest BCUT2D eigenvalue weighted by molar-refractivity contribution is 5.89. The Hall–Kier alpha value is -4.58. The Balaban J connectivity index is 1.79. The van der Waals surface area contributed by atoms with Crippen LogP contribution in [0.2, 0.25) is 0 Å². The molecule has 0 unspecified atom stereocenters. The van der Waals surface area contributed by atoms with E-state index in [4.69, 9.17) is 9.47 Å². The van der Waals surface area contributed by atoms with Gasteiger partial charge in [-0.25, -0.2) is 9.59 Å². The van der Waals surface area contributed by atoms with Gasteiger partial charge >= 0.3 is 12.1 Å². The maximum Gasteiger partial charge on any atom is 0.410 e. The molecule has 4 aromatic carbocycles. The maximum absolute atomic E-state index is 12.9. The molecule has 0 aliphatic carbocycles. The van der Waals surface area contributed by atoms with Crippen LogP contribution >= 0.6 is 0 Å². The number of carbonyl (C=O) groups is 2. The predicted molar refractivity (Wildman–Crippen MR) is 158 cm³/mol. The number of carboxylic acids is 1. The van der Waals surface area contributed by atoms with Crippen LogP contribution in [0.25, 0.3) is 22.3 Å². The van der Waals surface area contributed by atoms with Crippen LogP contribution in [-0.4, -0.2) is 36.3 Å². The van der Waals surface area contributed by atoms with E-state index >= 15 is 0 Å². The summed E-state index contributed by atoms with van der Waals surface area (Å²) in [5.74, 6) is -0.252. The average Bonchev–Trinajstić information content (AvgIpc) is 2.91. The maximum atomic E-state index is 12.9. The fraction of sp³-hybridized carbons (Fsp3) is 0.235. The van der Waals surface area contributed by atoms with Gasteiger partial charge < -0.3 is 14.6 Å². The number of nitrogens with zero attached hydrogens (tertiary/aromatic N) is 1. The summed E-state index contributed by atoms with van der Waals surface area (Å²) in [5.41, 5.74) is 10.2. The molecule has 0 saturated carbocycles.